The number of hydrogen-bond donors (Lipinski definition) is 2. The average molecular weight is 457 g/mol. The van der Waals surface area contributed by atoms with Gasteiger partial charge in [0.15, 0.2) is 5.82 Å². The molecule has 2 aliphatic heterocycles. The Morgan fingerprint density at radius 3 is 2.79 bits per heavy atom. The van der Waals surface area contributed by atoms with E-state index in [4.69, 9.17) is 14.6 Å². The summed E-state index contributed by atoms with van der Waals surface area (Å²) in [5.74, 6) is 1.17. The van der Waals surface area contributed by atoms with Crippen molar-refractivity contribution in [2.75, 3.05) is 51.4 Å². The zero-order chi connectivity index (χ0) is 22.9. The van der Waals surface area contributed by atoms with E-state index in [9.17, 15) is 4.39 Å². The molecule has 0 radical (unpaired) electrons. The lowest BCUT2D eigenvalue weighted by molar-refractivity contribution is 0.0132. The zero-order valence-electron chi connectivity index (χ0n) is 18.9. The maximum atomic E-state index is 14.7. The Kier molecular flexibility index (Phi) is 6.13. The van der Waals surface area contributed by atoms with Crippen LogP contribution < -0.4 is 15.0 Å². The molecule has 9 nitrogen and oxygen atoms in total. The highest BCUT2D eigenvalue weighted by Crippen LogP contribution is 2.34. The van der Waals surface area contributed by atoms with Crippen LogP contribution in [-0.2, 0) is 4.74 Å². The fourth-order valence-electron chi connectivity index (χ4n) is 4.67. The van der Waals surface area contributed by atoms with Crippen LogP contribution >= 0.6 is 0 Å². The molecule has 0 amide bonds. The first kappa shape index (κ1) is 22.0. The molecule has 2 N–H and O–H groups in total. The fourth-order valence-corrected chi connectivity index (χ4v) is 4.67. The number of fused-ring (bicyclic) bond motifs is 1. The van der Waals surface area contributed by atoms with Crippen molar-refractivity contribution < 1.29 is 19.0 Å². The van der Waals surface area contributed by atoms with Crippen molar-refractivity contribution in [2.45, 2.75) is 31.5 Å². The highest BCUT2D eigenvalue weighted by Gasteiger charge is 2.30. The van der Waals surface area contributed by atoms with Gasteiger partial charge in [-0.3, -0.25) is 0 Å². The van der Waals surface area contributed by atoms with Crippen LogP contribution in [0.5, 0.6) is 6.01 Å². The van der Waals surface area contributed by atoms with Gasteiger partial charge in [-0.2, -0.15) is 15.1 Å². The van der Waals surface area contributed by atoms with Crippen molar-refractivity contribution >= 4 is 16.7 Å². The molecular weight excluding hydrogens is 427 g/mol. The van der Waals surface area contributed by atoms with Crippen LogP contribution in [0.3, 0.4) is 0 Å². The van der Waals surface area contributed by atoms with Gasteiger partial charge < -0.3 is 24.8 Å². The lowest BCUT2D eigenvalue weighted by atomic mass is 9.85. The Morgan fingerprint density at radius 1 is 1.21 bits per heavy atom. The van der Waals surface area contributed by atoms with Crippen LogP contribution in [0.15, 0.2) is 24.4 Å². The third-order valence-electron chi connectivity index (χ3n) is 6.46. The predicted octanol–water partition coefficient (Wildman–Crippen LogP) is 1.75. The minimum Gasteiger partial charge on any atom is -0.467 e. The van der Waals surface area contributed by atoms with Crippen LogP contribution in [0.25, 0.3) is 16.7 Å². The summed E-state index contributed by atoms with van der Waals surface area (Å²) < 4.78 is 27.4. The van der Waals surface area contributed by atoms with E-state index in [1.165, 1.54) is 7.11 Å². The van der Waals surface area contributed by atoms with Gasteiger partial charge in [-0.15, -0.1) is 0 Å². The topological polar surface area (TPSA) is 97.6 Å². The van der Waals surface area contributed by atoms with Crippen molar-refractivity contribution in [1.82, 2.24) is 25.1 Å². The molecule has 0 unspecified atom stereocenters. The molecule has 0 spiro atoms. The number of halogens is 1. The van der Waals surface area contributed by atoms with Crippen LogP contribution in [0.2, 0.25) is 0 Å². The molecule has 2 saturated heterocycles. The van der Waals surface area contributed by atoms with E-state index in [0.717, 1.165) is 40.8 Å². The number of hydrogen-bond acceptors (Lipinski definition) is 8. The van der Waals surface area contributed by atoms with E-state index in [0.29, 0.717) is 32.1 Å². The van der Waals surface area contributed by atoms with Crippen molar-refractivity contribution in [2.24, 2.45) is 0 Å². The van der Waals surface area contributed by atoms with Crippen molar-refractivity contribution in [3.8, 4) is 11.8 Å². The number of nitrogens with zero attached hydrogens (tertiary/aromatic N) is 5. The highest BCUT2D eigenvalue weighted by molar-refractivity contribution is 5.82. The predicted molar refractivity (Wildman–Crippen MR) is 122 cm³/mol. The standard InChI is InChI=1S/C23H29FN6O3/c1-14-7-15-10-26-30(20(15)8-18(14)17-3-4-25-11-19(17)24)22-9-21(27-23(28-22)32-2)29-12-16(13-29)33-6-5-31/h7-10,16-17,19,25,31H,3-6,11-13H2,1-2H3/t17-,19-/m1/s1. The fraction of sp³-hybridized carbons (Fsp3) is 0.522. The molecule has 4 heterocycles. The molecule has 5 rings (SSSR count). The van der Waals surface area contributed by atoms with Gasteiger partial charge in [0, 0.05) is 37.0 Å². The highest BCUT2D eigenvalue weighted by atomic mass is 19.1. The molecule has 1 aromatic carbocycles. The number of rotatable bonds is 7. The summed E-state index contributed by atoms with van der Waals surface area (Å²) in [6.45, 7) is 4.92. The van der Waals surface area contributed by atoms with Gasteiger partial charge in [0.25, 0.3) is 0 Å². The van der Waals surface area contributed by atoms with E-state index >= 15 is 0 Å². The summed E-state index contributed by atoms with van der Waals surface area (Å²) in [7, 11) is 1.54. The number of aliphatic hydroxyl groups is 1. The lowest BCUT2D eigenvalue weighted by Crippen LogP contribution is -2.53. The molecule has 0 bridgehead atoms. The molecule has 0 saturated carbocycles. The Balaban J connectivity index is 1.49. The Hall–Kier alpha value is -2.82. The molecule has 0 aliphatic carbocycles. The Labute approximate surface area is 191 Å². The normalized spacial score (nSPS) is 21.4. The summed E-state index contributed by atoms with van der Waals surface area (Å²) in [5, 5.41) is 17.6. The monoisotopic (exact) mass is 456 g/mol. The quantitative estimate of drug-likeness (QED) is 0.555. The molecule has 3 aromatic rings. The number of ether oxygens (including phenoxy) is 2. The minimum absolute atomic E-state index is 0.0103. The third kappa shape index (κ3) is 4.25. The van der Waals surface area contributed by atoms with Gasteiger partial charge in [0.2, 0.25) is 0 Å². The van der Waals surface area contributed by atoms with E-state index in [1.807, 2.05) is 13.0 Å². The summed E-state index contributed by atoms with van der Waals surface area (Å²) in [6.07, 6.45) is 1.72. The van der Waals surface area contributed by atoms with Gasteiger partial charge in [-0.05, 0) is 43.1 Å². The SMILES string of the molecule is COc1nc(N2CC(OCCO)C2)cc(-n2ncc3cc(C)c([C@H]4CCNC[C@H]4F)cc32)n1. The summed E-state index contributed by atoms with van der Waals surface area (Å²) in [5.41, 5.74) is 2.97. The first-order valence-electron chi connectivity index (χ1n) is 11.3. The molecular formula is C23H29FN6O3. The number of piperidine rings is 1. The lowest BCUT2D eigenvalue weighted by Gasteiger charge is -2.39. The average Bonchev–Trinajstić information content (AvgIpc) is 3.20. The first-order chi connectivity index (χ1) is 16.1. The first-order valence-corrected chi connectivity index (χ1v) is 11.3. The molecule has 2 fully saturated rings. The van der Waals surface area contributed by atoms with E-state index in [1.54, 1.807) is 10.9 Å². The number of aryl methyl sites for hydroxylation is 1. The molecule has 10 heteroatoms. The number of nitrogens with one attached hydrogen (secondary N) is 1. The maximum Gasteiger partial charge on any atom is 0.320 e. The minimum atomic E-state index is -0.913. The second-order valence-electron chi connectivity index (χ2n) is 8.63. The zero-order valence-corrected chi connectivity index (χ0v) is 18.9. The molecule has 2 atom stereocenters. The number of alkyl halides is 1. The van der Waals surface area contributed by atoms with Crippen molar-refractivity contribution in [3.05, 3.63) is 35.5 Å². The van der Waals surface area contributed by atoms with Crippen LogP contribution in [0, 0.1) is 6.92 Å². The second-order valence-corrected chi connectivity index (χ2v) is 8.63. The molecule has 33 heavy (non-hydrogen) atoms. The van der Waals surface area contributed by atoms with E-state index < -0.39 is 6.17 Å². The van der Waals surface area contributed by atoms with Crippen LogP contribution in [0.4, 0.5) is 10.2 Å². The van der Waals surface area contributed by atoms with Gasteiger partial charge in [0.05, 0.1) is 38.1 Å². The maximum absolute atomic E-state index is 14.7. The Bertz CT molecular complexity index is 1130. The van der Waals surface area contributed by atoms with Crippen LogP contribution in [-0.4, -0.2) is 83.6 Å². The van der Waals surface area contributed by atoms with Crippen molar-refractivity contribution in [1.29, 1.82) is 0 Å². The number of methoxy groups -OCH3 is 1. The Morgan fingerprint density at radius 2 is 2.03 bits per heavy atom. The molecule has 2 aliphatic rings. The number of benzene rings is 1. The second kappa shape index (κ2) is 9.20. The third-order valence-corrected chi connectivity index (χ3v) is 6.46. The largest absolute Gasteiger partial charge is 0.467 e. The van der Waals surface area contributed by atoms with E-state index in [2.05, 4.69) is 37.4 Å². The molecule has 176 valence electrons. The van der Waals surface area contributed by atoms with Gasteiger partial charge in [-0.1, -0.05) is 0 Å². The van der Waals surface area contributed by atoms with Gasteiger partial charge in [-0.25, -0.2) is 9.07 Å². The number of aliphatic hydroxyl groups excluding tert-OH is 1. The van der Waals surface area contributed by atoms with Crippen LogP contribution in [0.1, 0.15) is 23.5 Å². The number of aromatic nitrogens is 4. The summed E-state index contributed by atoms with van der Waals surface area (Å²) in [6, 6.07) is 6.25. The smallest absolute Gasteiger partial charge is 0.320 e. The molecule has 2 aromatic heterocycles. The van der Waals surface area contributed by atoms with E-state index in [-0.39, 0.29) is 24.6 Å². The summed E-state index contributed by atoms with van der Waals surface area (Å²) in [4.78, 5) is 11.1. The summed E-state index contributed by atoms with van der Waals surface area (Å²) >= 11 is 0. The van der Waals surface area contributed by atoms with Gasteiger partial charge >= 0.3 is 6.01 Å². The van der Waals surface area contributed by atoms with Crippen molar-refractivity contribution in [3.63, 3.8) is 0 Å². The van der Waals surface area contributed by atoms with Gasteiger partial charge in [0.1, 0.15) is 12.0 Å². The number of anilines is 1.